The van der Waals surface area contributed by atoms with Crippen LogP contribution in [-0.4, -0.2) is 53.5 Å². The van der Waals surface area contributed by atoms with Gasteiger partial charge in [0.25, 0.3) is 0 Å². The number of carbonyl (C=O) groups is 3. The van der Waals surface area contributed by atoms with Crippen molar-refractivity contribution in [2.24, 2.45) is 0 Å². The molecule has 0 saturated carbocycles. The van der Waals surface area contributed by atoms with Gasteiger partial charge in [0, 0.05) is 12.6 Å². The van der Waals surface area contributed by atoms with Gasteiger partial charge in [-0.15, -0.1) is 0 Å². The fourth-order valence-corrected chi connectivity index (χ4v) is 1.32. The summed E-state index contributed by atoms with van der Waals surface area (Å²) in [5.74, 6) is -1.61. The van der Waals surface area contributed by atoms with Crippen LogP contribution in [0, 0.1) is 0 Å². The van der Waals surface area contributed by atoms with Gasteiger partial charge in [-0.25, -0.2) is 4.79 Å². The second kappa shape index (κ2) is 7.57. The Morgan fingerprint density at radius 2 is 1.95 bits per heavy atom. The summed E-state index contributed by atoms with van der Waals surface area (Å²) in [6, 6.07) is -1.03. The second-order valence-electron chi connectivity index (χ2n) is 4.58. The highest BCUT2D eigenvalue weighted by Gasteiger charge is 2.25. The number of carbonyl (C=O) groups excluding carboxylic acids is 2. The van der Waals surface area contributed by atoms with Gasteiger partial charge in [0.05, 0.1) is 25.6 Å². The summed E-state index contributed by atoms with van der Waals surface area (Å²) in [6.07, 6.45) is -0.458. The Bertz CT molecular complexity index is 342. The van der Waals surface area contributed by atoms with Gasteiger partial charge in [-0.3, -0.25) is 9.59 Å². The van der Waals surface area contributed by atoms with Crippen molar-refractivity contribution in [1.82, 2.24) is 10.6 Å². The number of carboxylic acid groups (broad SMARTS) is 1. The van der Waals surface area contributed by atoms with Crippen molar-refractivity contribution in [2.75, 3.05) is 13.7 Å². The lowest BCUT2D eigenvalue weighted by atomic mass is 10.0. The lowest BCUT2D eigenvalue weighted by molar-refractivity contribution is -0.142. The Kier molecular flexibility index (Phi) is 6.84. The van der Waals surface area contributed by atoms with Crippen molar-refractivity contribution in [3.63, 3.8) is 0 Å². The molecule has 0 radical (unpaired) electrons. The van der Waals surface area contributed by atoms with E-state index >= 15 is 0 Å². The Morgan fingerprint density at radius 1 is 1.37 bits per heavy atom. The average Bonchev–Trinajstić information content (AvgIpc) is 2.24. The van der Waals surface area contributed by atoms with Crippen molar-refractivity contribution in [1.29, 1.82) is 0 Å². The predicted octanol–water partition coefficient (Wildman–Crippen LogP) is -0.537. The van der Waals surface area contributed by atoms with E-state index in [4.69, 9.17) is 5.11 Å². The van der Waals surface area contributed by atoms with E-state index in [1.54, 1.807) is 6.92 Å². The molecule has 8 nitrogen and oxygen atoms in total. The van der Waals surface area contributed by atoms with Crippen molar-refractivity contribution >= 4 is 18.0 Å². The first-order chi connectivity index (χ1) is 8.66. The molecule has 0 aliphatic heterocycles. The SMILES string of the molecule is COC(=O)CC(C)NC(=O)NCC(C)(O)CC(=O)O. The zero-order valence-corrected chi connectivity index (χ0v) is 11.2. The minimum absolute atomic E-state index is 0.0233. The molecule has 19 heavy (non-hydrogen) atoms. The first-order valence-electron chi connectivity index (χ1n) is 5.71. The van der Waals surface area contributed by atoms with E-state index in [1.165, 1.54) is 14.0 Å². The van der Waals surface area contributed by atoms with Crippen molar-refractivity contribution in [3.8, 4) is 0 Å². The summed E-state index contributed by atoms with van der Waals surface area (Å²) in [5.41, 5.74) is -1.53. The Hall–Kier alpha value is -1.83. The van der Waals surface area contributed by atoms with Crippen LogP contribution in [0.2, 0.25) is 0 Å². The molecule has 0 heterocycles. The van der Waals surface area contributed by atoms with E-state index in [9.17, 15) is 19.5 Å². The minimum Gasteiger partial charge on any atom is -0.481 e. The maximum atomic E-state index is 11.4. The fourth-order valence-electron chi connectivity index (χ4n) is 1.32. The number of aliphatic hydroxyl groups is 1. The predicted molar refractivity (Wildman–Crippen MR) is 65.5 cm³/mol. The van der Waals surface area contributed by atoms with E-state index in [1.807, 2.05) is 0 Å². The summed E-state index contributed by atoms with van der Waals surface area (Å²) < 4.78 is 4.44. The van der Waals surface area contributed by atoms with Crippen molar-refractivity contribution < 1.29 is 29.3 Å². The average molecular weight is 276 g/mol. The van der Waals surface area contributed by atoms with E-state index in [0.717, 1.165) is 0 Å². The van der Waals surface area contributed by atoms with Gasteiger partial charge in [-0.05, 0) is 13.8 Å². The Labute approximate surface area is 111 Å². The zero-order chi connectivity index (χ0) is 15.1. The number of aliphatic carboxylic acids is 1. The molecular weight excluding hydrogens is 256 g/mol. The quantitative estimate of drug-likeness (QED) is 0.463. The molecule has 2 amide bonds. The minimum atomic E-state index is -1.53. The van der Waals surface area contributed by atoms with Crippen LogP contribution in [0.25, 0.3) is 0 Å². The lowest BCUT2D eigenvalue weighted by Gasteiger charge is -2.22. The van der Waals surface area contributed by atoms with Gasteiger partial charge in [0.15, 0.2) is 0 Å². The van der Waals surface area contributed by atoms with Gasteiger partial charge in [-0.1, -0.05) is 0 Å². The molecule has 2 unspecified atom stereocenters. The van der Waals surface area contributed by atoms with Crippen LogP contribution in [0.15, 0.2) is 0 Å². The summed E-state index contributed by atoms with van der Waals surface area (Å²) in [5, 5.41) is 23.0. The Morgan fingerprint density at radius 3 is 2.42 bits per heavy atom. The number of hydrogen-bond donors (Lipinski definition) is 4. The molecule has 8 heteroatoms. The molecule has 0 saturated heterocycles. The summed E-state index contributed by atoms with van der Waals surface area (Å²) in [7, 11) is 1.25. The maximum Gasteiger partial charge on any atom is 0.315 e. The topological polar surface area (TPSA) is 125 Å². The molecule has 0 aromatic heterocycles. The van der Waals surface area contributed by atoms with Crippen molar-refractivity contribution in [2.45, 2.75) is 38.3 Å². The largest absolute Gasteiger partial charge is 0.481 e. The van der Waals surface area contributed by atoms with Gasteiger partial charge in [0.1, 0.15) is 0 Å². The number of esters is 1. The van der Waals surface area contributed by atoms with Crippen molar-refractivity contribution in [3.05, 3.63) is 0 Å². The molecule has 0 spiro atoms. The summed E-state index contributed by atoms with van der Waals surface area (Å²) >= 11 is 0. The number of urea groups is 1. The highest BCUT2D eigenvalue weighted by Crippen LogP contribution is 2.07. The fraction of sp³-hybridized carbons (Fsp3) is 0.727. The molecule has 0 aromatic rings. The zero-order valence-electron chi connectivity index (χ0n) is 11.2. The molecule has 0 aromatic carbocycles. The third kappa shape index (κ3) is 8.83. The third-order valence-electron chi connectivity index (χ3n) is 2.24. The van der Waals surface area contributed by atoms with E-state index in [2.05, 4.69) is 15.4 Å². The summed E-state index contributed by atoms with van der Waals surface area (Å²) in [6.45, 7) is 2.71. The van der Waals surface area contributed by atoms with Gasteiger partial charge >= 0.3 is 18.0 Å². The molecule has 0 rings (SSSR count). The Balaban J connectivity index is 4.05. The standard InChI is InChI=1S/C11H20N2O6/c1-7(4-9(16)19-3)13-10(17)12-6-11(2,18)5-8(14)15/h7,18H,4-6H2,1-3H3,(H,14,15)(H2,12,13,17). The van der Waals surface area contributed by atoms with Crippen LogP contribution >= 0.6 is 0 Å². The van der Waals surface area contributed by atoms with Crippen LogP contribution in [0.3, 0.4) is 0 Å². The second-order valence-corrected chi connectivity index (χ2v) is 4.58. The molecule has 0 aliphatic rings. The summed E-state index contributed by atoms with van der Waals surface area (Å²) in [4.78, 5) is 32.8. The van der Waals surface area contributed by atoms with Gasteiger partial charge < -0.3 is 25.6 Å². The lowest BCUT2D eigenvalue weighted by Crippen LogP contribution is -2.48. The molecule has 4 N–H and O–H groups in total. The molecule has 2 atom stereocenters. The number of carboxylic acids is 1. The smallest absolute Gasteiger partial charge is 0.315 e. The van der Waals surface area contributed by atoms with E-state index in [0.29, 0.717) is 0 Å². The molecule has 0 bridgehead atoms. The highest BCUT2D eigenvalue weighted by molar-refractivity contribution is 5.76. The normalized spacial score (nSPS) is 14.9. The number of ether oxygens (including phenoxy) is 1. The molecule has 110 valence electrons. The molecule has 0 fully saturated rings. The van der Waals surface area contributed by atoms with Gasteiger partial charge in [-0.2, -0.15) is 0 Å². The van der Waals surface area contributed by atoms with Crippen LogP contribution in [0.4, 0.5) is 4.79 Å². The highest BCUT2D eigenvalue weighted by atomic mass is 16.5. The van der Waals surface area contributed by atoms with E-state index < -0.39 is 36.0 Å². The van der Waals surface area contributed by atoms with Crippen LogP contribution in [0.1, 0.15) is 26.7 Å². The maximum absolute atomic E-state index is 11.4. The van der Waals surface area contributed by atoms with Gasteiger partial charge in [0.2, 0.25) is 0 Å². The molecule has 0 aliphatic carbocycles. The van der Waals surface area contributed by atoms with Crippen LogP contribution in [0.5, 0.6) is 0 Å². The third-order valence-corrected chi connectivity index (χ3v) is 2.24. The molecular formula is C11H20N2O6. The van der Waals surface area contributed by atoms with Crippen LogP contribution < -0.4 is 10.6 Å². The van der Waals surface area contributed by atoms with E-state index in [-0.39, 0.29) is 13.0 Å². The monoisotopic (exact) mass is 276 g/mol. The number of methoxy groups -OCH3 is 1. The first-order valence-corrected chi connectivity index (χ1v) is 5.71. The van der Waals surface area contributed by atoms with Crippen LogP contribution in [-0.2, 0) is 14.3 Å². The number of amides is 2. The first kappa shape index (κ1) is 17.2. The number of rotatable bonds is 7. The number of nitrogens with one attached hydrogen (secondary N) is 2. The number of hydrogen-bond acceptors (Lipinski definition) is 5.